The van der Waals surface area contributed by atoms with E-state index in [0.717, 1.165) is 24.3 Å². The van der Waals surface area contributed by atoms with E-state index in [-0.39, 0.29) is 167 Å². The van der Waals surface area contributed by atoms with Crippen molar-refractivity contribution >= 4 is 89.9 Å². The second kappa shape index (κ2) is 31.2. The average molecular weight is 1520 g/mol. The number of benzene rings is 10. The standard InChI is InChI=1S/C48H14F2N10.C46H14F4N8/c1-58-33-15-32(16-34(17-33)59-2)36(23-56)42-44-39(30-10-6-26(19-52)7-11-30)43-40(38(45(44)48(60-3)47(42)50)29-8-4-25(18-51)5-9-29)37(24-57)46(49)41(43)35(22-55)31-13-27(20-53)12-28(14-31)21-54;1-56-31-15-28(16-32(17-31)57-2)34(21-54)40-42-37(26-6-10-30(48)11-7-26)41-38(36(25-4-8-29(47)9-5-25)43(42)46(58-3)45(40)50)35(22-55)44(49)39(41)33(20-53)27-13-23(18-51)12-24(14-27)19-52/h4-17H;4-17H/b41-35-,42-36-;39-33-,40-34-. The molecule has 0 aliphatic heterocycles. The summed E-state index contributed by atoms with van der Waals surface area (Å²) in [7, 11) is 0. The minimum absolute atomic E-state index is 0.0441. The van der Waals surface area contributed by atoms with Crippen LogP contribution < -0.4 is 0 Å². The Bertz CT molecular complexity index is 7070. The zero-order chi connectivity index (χ0) is 84.2. The number of hydrogen-bond donors (Lipinski definition) is 0. The van der Waals surface area contributed by atoms with Crippen molar-refractivity contribution in [3.63, 3.8) is 0 Å². The highest BCUT2D eigenvalue weighted by atomic mass is 19.1. The van der Waals surface area contributed by atoms with E-state index in [2.05, 4.69) is 29.1 Å². The van der Waals surface area contributed by atoms with E-state index in [1.54, 1.807) is 0 Å². The lowest BCUT2D eigenvalue weighted by Gasteiger charge is -2.24. The van der Waals surface area contributed by atoms with Gasteiger partial charge in [-0.15, -0.1) is 0 Å². The molecule has 24 heteroatoms. The molecule has 0 spiro atoms. The zero-order valence-electron chi connectivity index (χ0n) is 59.5. The third-order valence-corrected chi connectivity index (χ3v) is 19.3. The molecule has 0 atom stereocenters. The summed E-state index contributed by atoms with van der Waals surface area (Å²) in [5, 5.41) is 123. The summed E-state index contributed by atoms with van der Waals surface area (Å²) >= 11 is 0. The van der Waals surface area contributed by atoms with Crippen molar-refractivity contribution in [3.8, 4) is 117 Å². The van der Waals surface area contributed by atoms with Crippen molar-refractivity contribution in [2.24, 2.45) is 0 Å². The summed E-state index contributed by atoms with van der Waals surface area (Å²) in [6.07, 6.45) is 0. The van der Waals surface area contributed by atoms with Gasteiger partial charge in [-0.1, -0.05) is 84.9 Å². The first kappa shape index (κ1) is 76.7. The van der Waals surface area contributed by atoms with Crippen molar-refractivity contribution in [2.75, 3.05) is 0 Å². The minimum atomic E-state index is -1.25. The van der Waals surface area contributed by atoms with Gasteiger partial charge < -0.3 is 0 Å². The highest BCUT2D eigenvalue weighted by molar-refractivity contribution is 6.27. The molecule has 0 aromatic heterocycles. The van der Waals surface area contributed by atoms with Crippen LogP contribution in [0.4, 0.5) is 49.1 Å². The number of rotatable bonds is 8. The Labute approximate surface area is 666 Å². The fraction of sp³-hybridized carbons (Fsp3) is 0. The van der Waals surface area contributed by atoms with Gasteiger partial charge in [0.2, 0.25) is 11.4 Å². The Morgan fingerprint density at radius 3 is 0.703 bits per heavy atom. The van der Waals surface area contributed by atoms with Crippen molar-refractivity contribution in [1.82, 2.24) is 0 Å². The molecule has 14 rings (SSSR count). The maximum absolute atomic E-state index is 17.5. The second-order valence-corrected chi connectivity index (χ2v) is 25.5. The van der Waals surface area contributed by atoms with Crippen LogP contribution in [-0.2, 0) is 0 Å². The van der Waals surface area contributed by atoms with Gasteiger partial charge in [-0.05, 0) is 163 Å². The molecular weight excluding hydrogens is 1500 g/mol. The normalized spacial score (nSPS) is 13.8. The number of fused-ring (bicyclic) bond motifs is 4. The monoisotopic (exact) mass is 1520 g/mol. The number of halogens is 6. The van der Waals surface area contributed by atoms with Crippen LogP contribution in [0.25, 0.3) is 141 Å². The largest absolute Gasteiger partial charge is 0.239 e. The quantitative estimate of drug-likeness (QED) is 0.0779. The maximum Gasteiger partial charge on any atom is 0.231 e. The first-order valence-corrected chi connectivity index (χ1v) is 33.7. The molecule has 0 bridgehead atoms. The molecule has 0 saturated carbocycles. The molecule has 4 aliphatic carbocycles. The average Bonchev–Trinajstić information content (AvgIpc) is 1.53. The van der Waals surface area contributed by atoms with E-state index in [1.165, 1.54) is 146 Å². The molecule has 10 aromatic rings. The fourth-order valence-electron chi connectivity index (χ4n) is 14.6. The lowest BCUT2D eigenvalue weighted by atomic mass is 9.78. The number of nitriles is 12. The predicted molar refractivity (Wildman–Crippen MR) is 420 cm³/mol. The Hall–Kier alpha value is -19.5. The van der Waals surface area contributed by atoms with E-state index in [1.807, 2.05) is 72.8 Å². The number of nitrogens with zero attached hydrogens (tertiary/aromatic N) is 18. The molecule has 4 aliphatic rings. The maximum atomic E-state index is 17.5. The summed E-state index contributed by atoms with van der Waals surface area (Å²) in [4.78, 5) is 20.6. The molecule has 0 amide bonds. The molecule has 10 aromatic carbocycles. The van der Waals surface area contributed by atoms with E-state index in [9.17, 15) is 71.9 Å². The Balaban J connectivity index is 0.000000205. The predicted octanol–water partition coefficient (Wildman–Crippen LogP) is 23.1. The molecule has 0 N–H and O–H groups in total. The van der Waals surface area contributed by atoms with Gasteiger partial charge in [-0.25, -0.2) is 55.4 Å². The molecule has 0 heterocycles. The van der Waals surface area contributed by atoms with Crippen molar-refractivity contribution < 1.29 is 26.3 Å². The molecule has 0 saturated heterocycles. The van der Waals surface area contributed by atoms with E-state index in [4.69, 9.17) is 39.4 Å². The molecule has 0 unspecified atom stereocenters. The number of allylic oxidation sites excluding steroid dienone is 14. The first-order chi connectivity index (χ1) is 57.2. The lowest BCUT2D eigenvalue weighted by Crippen LogP contribution is -2.04. The Kier molecular flexibility index (Phi) is 20.3. The van der Waals surface area contributed by atoms with Crippen LogP contribution in [0.3, 0.4) is 0 Å². The van der Waals surface area contributed by atoms with Crippen LogP contribution in [0, 0.1) is 187 Å². The van der Waals surface area contributed by atoms with Crippen molar-refractivity contribution in [3.05, 3.63) is 373 Å². The minimum Gasteiger partial charge on any atom is -0.239 e. The summed E-state index contributed by atoms with van der Waals surface area (Å²) in [5.74, 6) is -6.31. The van der Waals surface area contributed by atoms with Crippen molar-refractivity contribution in [1.29, 1.82) is 63.1 Å². The molecule has 0 radical (unpaired) electrons. The number of hydrogen-bond acceptors (Lipinski definition) is 12. The van der Waals surface area contributed by atoms with Crippen molar-refractivity contribution in [2.45, 2.75) is 0 Å². The summed E-state index contributed by atoms with van der Waals surface area (Å²) < 4.78 is 98.9. The van der Waals surface area contributed by atoms with Crippen LogP contribution in [0.2, 0.25) is 0 Å². The van der Waals surface area contributed by atoms with Crippen LogP contribution in [0.5, 0.6) is 0 Å². The first-order valence-electron chi connectivity index (χ1n) is 33.7. The zero-order valence-corrected chi connectivity index (χ0v) is 59.5. The van der Waals surface area contributed by atoms with Gasteiger partial charge in [0.05, 0.1) is 143 Å². The van der Waals surface area contributed by atoms with Crippen LogP contribution in [-0.4, -0.2) is 0 Å². The third kappa shape index (κ3) is 12.6. The summed E-state index contributed by atoms with van der Waals surface area (Å²) in [5.41, 5.74) is -8.38. The second-order valence-electron chi connectivity index (χ2n) is 25.5. The summed E-state index contributed by atoms with van der Waals surface area (Å²) in [6, 6.07) is 59.0. The van der Waals surface area contributed by atoms with Gasteiger partial charge in [-0.2, -0.15) is 63.1 Å². The van der Waals surface area contributed by atoms with Gasteiger partial charge in [0, 0.05) is 55.7 Å². The van der Waals surface area contributed by atoms with Gasteiger partial charge in [0.25, 0.3) is 0 Å². The van der Waals surface area contributed by atoms with Crippen LogP contribution in [0.1, 0.15) is 100 Å². The lowest BCUT2D eigenvalue weighted by molar-refractivity contribution is 0.627. The molecule has 0 fully saturated rings. The van der Waals surface area contributed by atoms with Gasteiger partial charge in [0.15, 0.2) is 34.4 Å². The molecule has 118 heavy (non-hydrogen) atoms. The van der Waals surface area contributed by atoms with E-state index >= 15 is 17.6 Å². The topological polar surface area (TPSA) is 312 Å². The summed E-state index contributed by atoms with van der Waals surface area (Å²) in [6.45, 7) is 47.0. The highest BCUT2D eigenvalue weighted by Gasteiger charge is 2.47. The van der Waals surface area contributed by atoms with E-state index < -0.39 is 102 Å². The van der Waals surface area contributed by atoms with E-state index in [0.29, 0.717) is 0 Å². The SMILES string of the molecule is [C-]#[N+]C1=C(F)/C(=C(/C#N)c2cc([N+]#[C-])cc([N+]#[C-])c2)c2c1c(-c1ccc(C#N)cc1)c1c(c2-c2ccc(C#N)cc2)/C(=C(\C#N)c2cc(C#N)cc(C#N)c2)C(F)=C1C#N.[C-]#[N+]C1=C(F)/C(=C(/C#N)c2cc([N+]#[C-])cc([N+]#[C-])c2)c2c1c(-c1ccc(F)cc1)c1c(c2-c2ccc(F)cc2)/C(=C(\C#N)c2cc(C#N)cc(C#N)c2)C(F)=C1C#N. The smallest absolute Gasteiger partial charge is 0.231 e. The van der Waals surface area contributed by atoms with Gasteiger partial charge in [-0.3, -0.25) is 0 Å². The van der Waals surface area contributed by atoms with Crippen LogP contribution in [0.15, 0.2) is 193 Å². The molecule has 18 nitrogen and oxygen atoms in total. The molecular formula is C94H28F6N18. The van der Waals surface area contributed by atoms with Crippen LogP contribution >= 0.6 is 0 Å². The Morgan fingerprint density at radius 2 is 0.466 bits per heavy atom. The Morgan fingerprint density at radius 1 is 0.229 bits per heavy atom. The van der Waals surface area contributed by atoms with Gasteiger partial charge >= 0.3 is 0 Å². The highest BCUT2D eigenvalue weighted by Crippen LogP contribution is 2.64. The van der Waals surface area contributed by atoms with Gasteiger partial charge in [0.1, 0.15) is 59.7 Å². The fourth-order valence-corrected chi connectivity index (χ4v) is 14.6. The molecule has 536 valence electrons. The third-order valence-electron chi connectivity index (χ3n) is 19.3.